The zero-order valence-corrected chi connectivity index (χ0v) is 28.1. The molecule has 254 valence electrons. The van der Waals surface area contributed by atoms with Gasteiger partial charge >= 0.3 is 0 Å². The molecular weight excluding hydrogens is 596 g/mol. The highest BCUT2D eigenvalue weighted by atomic mass is 16.5. The molecule has 0 radical (unpaired) electrons. The van der Waals surface area contributed by atoms with E-state index >= 15 is 0 Å². The second-order valence-corrected chi connectivity index (χ2v) is 12.5. The number of anilines is 4. The largest absolute Gasteiger partial charge is 0.495 e. The van der Waals surface area contributed by atoms with E-state index in [9.17, 15) is 9.59 Å². The number of likely N-dealkylation sites (N-methyl/N-ethyl adjacent to an activating group) is 1. The number of aromatic nitrogens is 2. The van der Waals surface area contributed by atoms with Gasteiger partial charge in [-0.05, 0) is 50.3 Å². The van der Waals surface area contributed by atoms with Crippen molar-refractivity contribution in [2.45, 2.75) is 76.4 Å². The quantitative estimate of drug-likeness (QED) is 0.196. The first-order valence-electron chi connectivity index (χ1n) is 17.1. The van der Waals surface area contributed by atoms with Crippen LogP contribution in [0.1, 0.15) is 68.6 Å². The number of benzene rings is 1. The average molecular weight is 647 g/mol. The lowest BCUT2D eigenvalue weighted by Crippen LogP contribution is -2.55. The van der Waals surface area contributed by atoms with Gasteiger partial charge in [-0.2, -0.15) is 4.98 Å². The van der Waals surface area contributed by atoms with E-state index < -0.39 is 0 Å². The molecule has 0 bridgehead atoms. The Morgan fingerprint density at radius 2 is 1.91 bits per heavy atom. The number of ether oxygens (including phenoxy) is 2. The first-order valence-corrected chi connectivity index (χ1v) is 17.1. The Morgan fingerprint density at radius 1 is 1.13 bits per heavy atom. The third-order valence-electron chi connectivity index (χ3n) is 9.47. The van der Waals surface area contributed by atoms with Gasteiger partial charge in [0.25, 0.3) is 5.91 Å². The van der Waals surface area contributed by atoms with Gasteiger partial charge in [0.15, 0.2) is 5.82 Å². The average Bonchev–Trinajstić information content (AvgIpc) is 3.63. The lowest BCUT2D eigenvalue weighted by molar-refractivity contribution is -0.120. The Bertz CT molecular complexity index is 1400. The van der Waals surface area contributed by atoms with Gasteiger partial charge in [0.2, 0.25) is 11.9 Å². The van der Waals surface area contributed by atoms with E-state index in [0.29, 0.717) is 42.6 Å². The second kappa shape index (κ2) is 16.8. The summed E-state index contributed by atoms with van der Waals surface area (Å²) >= 11 is 0. The molecule has 3 N–H and O–H groups in total. The number of piperidine rings is 1. The van der Waals surface area contributed by atoms with Gasteiger partial charge < -0.3 is 40.1 Å². The summed E-state index contributed by atoms with van der Waals surface area (Å²) < 4.78 is 11.4. The van der Waals surface area contributed by atoms with Crippen molar-refractivity contribution in [2.24, 2.45) is 0 Å². The minimum Gasteiger partial charge on any atom is -0.495 e. The fourth-order valence-electron chi connectivity index (χ4n) is 6.79. The van der Waals surface area contributed by atoms with E-state index in [-0.39, 0.29) is 29.9 Å². The molecule has 12 nitrogen and oxygen atoms in total. The van der Waals surface area contributed by atoms with Crippen LogP contribution in [-0.4, -0.2) is 105 Å². The van der Waals surface area contributed by atoms with Gasteiger partial charge in [0.05, 0.1) is 32.2 Å². The van der Waals surface area contributed by atoms with Crippen LogP contribution in [0.25, 0.3) is 0 Å². The Hall–Kier alpha value is -3.92. The number of rotatable bonds is 15. The van der Waals surface area contributed by atoms with Gasteiger partial charge in [0, 0.05) is 63.8 Å². The molecule has 1 aromatic carbocycles. The summed E-state index contributed by atoms with van der Waals surface area (Å²) in [7, 11) is 3.38. The number of carbonyl (C=O) groups excluding carboxylic acids is 2. The summed E-state index contributed by atoms with van der Waals surface area (Å²) in [5, 5.41) is 9.76. The van der Waals surface area contributed by atoms with Crippen LogP contribution in [0.4, 0.5) is 23.1 Å². The van der Waals surface area contributed by atoms with Gasteiger partial charge in [-0.15, -0.1) is 12.3 Å². The number of methoxy groups -OCH3 is 1. The Balaban J connectivity index is 1.16. The van der Waals surface area contributed by atoms with Crippen LogP contribution in [0, 0.1) is 12.3 Å². The third-order valence-corrected chi connectivity index (χ3v) is 9.47. The molecule has 0 spiro atoms. The molecule has 1 saturated carbocycles. The number of fused-ring (bicyclic) bond motifs is 1. The molecule has 47 heavy (non-hydrogen) atoms. The van der Waals surface area contributed by atoms with Gasteiger partial charge in [0.1, 0.15) is 17.5 Å². The second-order valence-electron chi connectivity index (χ2n) is 12.5. The molecule has 3 aliphatic rings. The fraction of sp³-hybridized carbons (Fsp3) is 0.600. The van der Waals surface area contributed by atoms with Crippen LogP contribution in [-0.2, 0) is 9.53 Å². The van der Waals surface area contributed by atoms with Crippen LogP contribution in [0.5, 0.6) is 5.75 Å². The van der Waals surface area contributed by atoms with E-state index in [4.69, 9.17) is 20.9 Å². The van der Waals surface area contributed by atoms with Crippen molar-refractivity contribution in [1.29, 1.82) is 0 Å². The number of nitrogens with one attached hydrogen (secondary N) is 3. The zero-order chi connectivity index (χ0) is 33.2. The van der Waals surface area contributed by atoms with Crippen LogP contribution >= 0.6 is 0 Å². The number of carbonyl (C=O) groups is 2. The summed E-state index contributed by atoms with van der Waals surface area (Å²) in [6.07, 6.45) is 14.6. The highest BCUT2D eigenvalue weighted by Crippen LogP contribution is 2.40. The molecule has 2 aromatic rings. The molecule has 2 amide bonds. The Labute approximate surface area is 279 Å². The fourth-order valence-corrected chi connectivity index (χ4v) is 6.79. The molecule has 0 unspecified atom stereocenters. The first-order chi connectivity index (χ1) is 22.9. The van der Waals surface area contributed by atoms with Crippen molar-refractivity contribution in [3.8, 4) is 18.1 Å². The van der Waals surface area contributed by atoms with Crippen molar-refractivity contribution in [2.75, 3.05) is 75.2 Å². The Morgan fingerprint density at radius 3 is 2.64 bits per heavy atom. The molecule has 3 heterocycles. The summed E-state index contributed by atoms with van der Waals surface area (Å²) in [5.41, 5.74) is 1.90. The molecule has 1 saturated heterocycles. The summed E-state index contributed by atoms with van der Waals surface area (Å²) in [6.45, 7) is 7.77. The smallest absolute Gasteiger partial charge is 0.251 e. The number of terminal acetylenes is 1. The minimum absolute atomic E-state index is 0.0825. The molecule has 2 fully saturated rings. The highest BCUT2D eigenvalue weighted by Gasteiger charge is 2.41. The number of amides is 2. The van der Waals surface area contributed by atoms with Gasteiger partial charge in [-0.1, -0.05) is 19.8 Å². The monoisotopic (exact) mass is 646 g/mol. The molecule has 1 aromatic heterocycles. The van der Waals surface area contributed by atoms with Crippen molar-refractivity contribution in [3.05, 3.63) is 30.0 Å². The molecular formula is C35H50N8O4. The van der Waals surface area contributed by atoms with E-state index in [2.05, 4.69) is 43.6 Å². The normalized spacial score (nSPS) is 19.0. The van der Waals surface area contributed by atoms with Crippen LogP contribution in [0.15, 0.2) is 24.4 Å². The molecule has 12 heteroatoms. The molecule has 1 aliphatic carbocycles. The van der Waals surface area contributed by atoms with Crippen LogP contribution < -0.4 is 30.5 Å². The zero-order valence-electron chi connectivity index (χ0n) is 28.1. The third kappa shape index (κ3) is 8.52. The van der Waals surface area contributed by atoms with Crippen LogP contribution in [0.3, 0.4) is 0 Å². The van der Waals surface area contributed by atoms with Gasteiger partial charge in [-0.3, -0.25) is 9.59 Å². The van der Waals surface area contributed by atoms with E-state index in [1.54, 1.807) is 37.4 Å². The predicted octanol–water partition coefficient (Wildman–Crippen LogP) is 3.56. The lowest BCUT2D eigenvalue weighted by atomic mass is 10.0. The maximum absolute atomic E-state index is 13.2. The SMILES string of the molecule is C#CCCNCCOCCN1CCC(NC(=O)c2ccc(Nc3ncc4c(n3)N(C3CCCC3)[C@H](CC)C(=O)N4C)c(OC)c2)CC1. The Kier molecular flexibility index (Phi) is 12.3. The van der Waals surface area contributed by atoms with Crippen molar-refractivity contribution in [3.63, 3.8) is 0 Å². The summed E-state index contributed by atoms with van der Waals surface area (Å²) in [4.78, 5) is 42.2. The minimum atomic E-state index is -0.241. The number of likely N-dealkylation sites (tertiary alicyclic amines) is 1. The van der Waals surface area contributed by atoms with Gasteiger partial charge in [-0.25, -0.2) is 4.98 Å². The van der Waals surface area contributed by atoms with E-state index in [0.717, 1.165) is 89.2 Å². The van der Waals surface area contributed by atoms with E-state index in [1.807, 2.05) is 6.07 Å². The van der Waals surface area contributed by atoms with Crippen LogP contribution in [0.2, 0.25) is 0 Å². The number of hydrogen-bond donors (Lipinski definition) is 3. The number of nitrogens with zero attached hydrogens (tertiary/aromatic N) is 5. The molecule has 2 aliphatic heterocycles. The van der Waals surface area contributed by atoms with E-state index in [1.165, 1.54) is 0 Å². The van der Waals surface area contributed by atoms with Crippen molar-refractivity contribution in [1.82, 2.24) is 25.5 Å². The molecule has 5 rings (SSSR count). The summed E-state index contributed by atoms with van der Waals surface area (Å²) in [5.74, 6) is 4.29. The highest BCUT2D eigenvalue weighted by molar-refractivity contribution is 6.04. The molecule has 1 atom stereocenters. The predicted molar refractivity (Wildman–Crippen MR) is 185 cm³/mol. The lowest BCUT2D eigenvalue weighted by Gasteiger charge is -2.43. The maximum Gasteiger partial charge on any atom is 0.251 e. The van der Waals surface area contributed by atoms with Crippen molar-refractivity contribution >= 4 is 35.0 Å². The number of hydrogen-bond acceptors (Lipinski definition) is 10. The maximum atomic E-state index is 13.2. The first kappa shape index (κ1) is 34.4. The topological polar surface area (TPSA) is 124 Å². The standard InChI is InChI=1S/C35H50N8O4/c1-5-7-16-36-17-21-47-22-20-42-18-14-26(15-19-42)38-33(44)25-12-13-28(31(23-25)46-4)39-35-37-24-30-32(40-35)43(27-10-8-9-11-27)29(6-2)34(45)41(30)3/h1,12-13,23-24,26-27,29,36H,6-11,14-22H2,2-4H3,(H,38,44)(H,37,39,40)/t29-/m1/s1. The summed E-state index contributed by atoms with van der Waals surface area (Å²) in [6, 6.07) is 5.52. The van der Waals surface area contributed by atoms with Crippen molar-refractivity contribution < 1.29 is 19.1 Å².